The molecule has 0 aliphatic carbocycles. The number of H-pyrrole nitrogens is 1. The fourth-order valence-electron chi connectivity index (χ4n) is 4.44. The Hall–Kier alpha value is -4.06. The van der Waals surface area contributed by atoms with Crippen molar-refractivity contribution in [1.82, 2.24) is 34.6 Å². The van der Waals surface area contributed by atoms with Crippen LogP contribution in [0.15, 0.2) is 61.4 Å². The maximum Gasteiger partial charge on any atom is 0.408 e. The van der Waals surface area contributed by atoms with Crippen LogP contribution in [0.1, 0.15) is 32.8 Å². The Labute approximate surface area is 206 Å². The van der Waals surface area contributed by atoms with Gasteiger partial charge in [-0.15, -0.1) is 11.3 Å². The number of aromatic nitrogens is 6. The summed E-state index contributed by atoms with van der Waals surface area (Å²) in [5.74, 6) is -0.241. The monoisotopic (exact) mass is 509 g/mol. The van der Waals surface area contributed by atoms with Gasteiger partial charge >= 0.3 is 6.18 Å². The molecule has 1 atom stereocenters. The summed E-state index contributed by atoms with van der Waals surface area (Å²) in [6, 6.07) is 9.35. The van der Waals surface area contributed by atoms with Crippen LogP contribution in [0.4, 0.5) is 13.2 Å². The van der Waals surface area contributed by atoms with E-state index in [1.54, 1.807) is 17.4 Å². The number of fused-ring (bicyclic) bond motifs is 2. The van der Waals surface area contributed by atoms with Crippen molar-refractivity contribution in [1.29, 1.82) is 0 Å². The predicted octanol–water partition coefficient (Wildman–Crippen LogP) is 4.63. The van der Waals surface area contributed by atoms with Crippen molar-refractivity contribution in [2.45, 2.75) is 25.2 Å². The molecule has 36 heavy (non-hydrogen) atoms. The molecule has 1 aliphatic rings. The molecule has 12 heteroatoms. The summed E-state index contributed by atoms with van der Waals surface area (Å²) < 4.78 is 38.8. The largest absolute Gasteiger partial charge is 0.408 e. The molecule has 0 saturated carbocycles. The van der Waals surface area contributed by atoms with E-state index in [1.807, 2.05) is 30.3 Å². The minimum atomic E-state index is -4.38. The fraction of sp³-hybridized carbons (Fsp3) is 0.208. The number of hydrogen-bond acceptors (Lipinski definition) is 6. The molecule has 5 aromatic rings. The van der Waals surface area contributed by atoms with Crippen molar-refractivity contribution in [3.05, 3.63) is 83.4 Å². The SMILES string of the molecule is O=C(c1cnc(-c2cnn(CC(F)(F)F)c2)s1)N1CCc2[nH]cnc2[C@@H]1c1cc2ccccc2cn1. The molecule has 4 aromatic heterocycles. The molecule has 1 N–H and O–H groups in total. The molecule has 6 rings (SSSR count). The number of rotatable bonds is 4. The summed E-state index contributed by atoms with van der Waals surface area (Å²) in [4.78, 5) is 32.4. The summed E-state index contributed by atoms with van der Waals surface area (Å²) in [6.07, 6.45) is 3.69. The highest BCUT2D eigenvalue weighted by Gasteiger charge is 2.36. The Morgan fingerprint density at radius 2 is 1.94 bits per heavy atom. The highest BCUT2D eigenvalue weighted by molar-refractivity contribution is 7.16. The van der Waals surface area contributed by atoms with E-state index in [1.165, 1.54) is 18.6 Å². The summed E-state index contributed by atoms with van der Waals surface area (Å²) in [5, 5.41) is 6.19. The van der Waals surface area contributed by atoms with E-state index in [9.17, 15) is 18.0 Å². The van der Waals surface area contributed by atoms with Crippen molar-refractivity contribution in [2.24, 2.45) is 0 Å². The lowest BCUT2D eigenvalue weighted by Crippen LogP contribution is -2.40. The first-order valence-electron chi connectivity index (χ1n) is 11.1. The number of hydrogen-bond donors (Lipinski definition) is 1. The van der Waals surface area contributed by atoms with Crippen molar-refractivity contribution in [3.8, 4) is 10.6 Å². The molecule has 1 aliphatic heterocycles. The first-order valence-corrected chi connectivity index (χ1v) is 11.9. The minimum Gasteiger partial charge on any atom is -0.348 e. The van der Waals surface area contributed by atoms with Gasteiger partial charge in [-0.1, -0.05) is 24.3 Å². The average Bonchev–Trinajstić information content (AvgIpc) is 3.62. The Morgan fingerprint density at radius 3 is 2.78 bits per heavy atom. The van der Waals surface area contributed by atoms with E-state index in [0.717, 1.165) is 38.2 Å². The number of amides is 1. The number of pyridine rings is 1. The van der Waals surface area contributed by atoms with Crippen LogP contribution >= 0.6 is 11.3 Å². The highest BCUT2D eigenvalue weighted by atomic mass is 32.1. The number of alkyl halides is 3. The van der Waals surface area contributed by atoms with Gasteiger partial charge in [-0.25, -0.2) is 9.97 Å². The number of thiazole rings is 1. The van der Waals surface area contributed by atoms with Crippen molar-refractivity contribution in [3.63, 3.8) is 0 Å². The van der Waals surface area contributed by atoms with E-state index in [2.05, 4.69) is 25.0 Å². The smallest absolute Gasteiger partial charge is 0.348 e. The van der Waals surface area contributed by atoms with Gasteiger partial charge in [-0.05, 0) is 11.5 Å². The van der Waals surface area contributed by atoms with Crippen molar-refractivity contribution in [2.75, 3.05) is 6.54 Å². The Balaban J connectivity index is 1.32. The van der Waals surface area contributed by atoms with Gasteiger partial charge in [0.25, 0.3) is 5.91 Å². The zero-order valence-electron chi connectivity index (χ0n) is 18.6. The van der Waals surface area contributed by atoms with E-state index >= 15 is 0 Å². The van der Waals surface area contributed by atoms with Crippen LogP contribution in [0.2, 0.25) is 0 Å². The van der Waals surface area contributed by atoms with Crippen molar-refractivity contribution < 1.29 is 18.0 Å². The van der Waals surface area contributed by atoms with Crippen LogP contribution in [-0.4, -0.2) is 53.2 Å². The number of imidazole rings is 1. The highest BCUT2D eigenvalue weighted by Crippen LogP contribution is 2.36. The second-order valence-electron chi connectivity index (χ2n) is 8.45. The summed E-state index contributed by atoms with van der Waals surface area (Å²) in [5.41, 5.74) is 2.83. The van der Waals surface area contributed by atoms with Crippen molar-refractivity contribution >= 4 is 28.0 Å². The van der Waals surface area contributed by atoms with Gasteiger partial charge in [-0.2, -0.15) is 18.3 Å². The molecule has 0 saturated heterocycles. The second-order valence-corrected chi connectivity index (χ2v) is 9.48. The quantitative estimate of drug-likeness (QED) is 0.382. The van der Waals surface area contributed by atoms with Crippen LogP contribution in [0.3, 0.4) is 0 Å². The Kier molecular flexibility index (Phi) is 5.32. The number of nitrogens with zero attached hydrogens (tertiary/aromatic N) is 6. The average molecular weight is 510 g/mol. The van der Waals surface area contributed by atoms with E-state index in [4.69, 9.17) is 0 Å². The lowest BCUT2D eigenvalue weighted by atomic mass is 9.98. The molecule has 1 aromatic carbocycles. The molecule has 0 unspecified atom stereocenters. The molecule has 0 spiro atoms. The van der Waals surface area contributed by atoms with Crippen LogP contribution in [0.25, 0.3) is 21.3 Å². The lowest BCUT2D eigenvalue weighted by Gasteiger charge is -2.34. The lowest BCUT2D eigenvalue weighted by molar-refractivity contribution is -0.142. The first kappa shape index (κ1) is 22.4. The van der Waals surface area contributed by atoms with Gasteiger partial charge in [-0.3, -0.25) is 14.5 Å². The van der Waals surface area contributed by atoms with Gasteiger partial charge in [0.2, 0.25) is 0 Å². The van der Waals surface area contributed by atoms with Gasteiger partial charge in [0.05, 0.1) is 30.1 Å². The zero-order valence-corrected chi connectivity index (χ0v) is 19.4. The summed E-state index contributed by atoms with van der Waals surface area (Å²) in [6.45, 7) is -0.742. The molecule has 5 heterocycles. The Morgan fingerprint density at radius 1 is 1.11 bits per heavy atom. The Bertz CT molecular complexity index is 1570. The maximum atomic E-state index is 13.7. The van der Waals surface area contributed by atoms with Crippen LogP contribution in [0, 0.1) is 0 Å². The number of carbonyl (C=O) groups is 1. The topological polar surface area (TPSA) is 92.6 Å². The molecule has 182 valence electrons. The minimum absolute atomic E-state index is 0.241. The molecular formula is C24H18F3N7OS. The van der Waals surface area contributed by atoms with E-state index in [-0.39, 0.29) is 5.91 Å². The standard InChI is InChI=1S/C24H18F3N7OS/c25-24(26,27)12-33-11-16(9-32-33)22-29-10-19(36-22)23(35)34-6-5-17-20(31-13-30-17)21(34)18-7-14-3-1-2-4-15(14)8-28-18/h1-4,7-11,13,21H,5-6,12H2,(H,30,31)/t21-/m0/s1. The molecule has 0 radical (unpaired) electrons. The number of carbonyl (C=O) groups excluding carboxylic acids is 1. The fourth-order valence-corrected chi connectivity index (χ4v) is 5.28. The third kappa shape index (κ3) is 4.13. The van der Waals surface area contributed by atoms with Crippen LogP contribution < -0.4 is 0 Å². The number of halogens is 3. The third-order valence-corrected chi connectivity index (χ3v) is 7.09. The first-order chi connectivity index (χ1) is 17.4. The van der Waals surface area contributed by atoms with Gasteiger partial charge in [0, 0.05) is 42.0 Å². The number of aromatic amines is 1. The third-order valence-electron chi connectivity index (χ3n) is 6.06. The molecular weight excluding hydrogens is 491 g/mol. The number of benzene rings is 1. The van der Waals surface area contributed by atoms with Gasteiger partial charge in [0.1, 0.15) is 22.5 Å². The zero-order chi connectivity index (χ0) is 24.9. The van der Waals surface area contributed by atoms with Gasteiger partial charge in [0.15, 0.2) is 0 Å². The summed E-state index contributed by atoms with van der Waals surface area (Å²) >= 11 is 1.12. The van der Waals surface area contributed by atoms with Crippen LogP contribution in [-0.2, 0) is 13.0 Å². The molecule has 0 fully saturated rings. The number of nitrogens with one attached hydrogen (secondary N) is 1. The second kappa shape index (κ2) is 8.55. The van der Waals surface area contributed by atoms with Gasteiger partial charge < -0.3 is 9.88 Å². The van der Waals surface area contributed by atoms with Crippen LogP contribution in [0.5, 0.6) is 0 Å². The molecule has 8 nitrogen and oxygen atoms in total. The van der Waals surface area contributed by atoms with E-state index in [0.29, 0.717) is 34.1 Å². The normalized spacial score (nSPS) is 15.9. The summed E-state index contributed by atoms with van der Waals surface area (Å²) in [7, 11) is 0. The molecule has 1 amide bonds. The molecule has 0 bridgehead atoms. The van der Waals surface area contributed by atoms with E-state index < -0.39 is 18.8 Å². The maximum absolute atomic E-state index is 13.7. The predicted molar refractivity (Wildman–Crippen MR) is 126 cm³/mol.